The van der Waals surface area contributed by atoms with Crippen molar-refractivity contribution in [1.82, 2.24) is 15.5 Å². The molecule has 0 aliphatic heterocycles. The minimum absolute atomic E-state index is 0.150. The van der Waals surface area contributed by atoms with Crippen LogP contribution in [0.15, 0.2) is 0 Å². The second kappa shape index (κ2) is 7.49. The molecule has 0 radical (unpaired) electrons. The van der Waals surface area contributed by atoms with Crippen molar-refractivity contribution in [2.24, 2.45) is 0 Å². The Labute approximate surface area is 93.8 Å². The molecule has 0 spiro atoms. The topological polar surface area (TPSA) is 98.7 Å². The fraction of sp³-hybridized carbons (Fsp3) is 0.667. The fourth-order valence-corrected chi connectivity index (χ4v) is 1.02. The maximum Gasteiger partial charge on any atom is 0.323 e. The van der Waals surface area contributed by atoms with E-state index in [4.69, 9.17) is 5.11 Å². The van der Waals surface area contributed by atoms with Crippen molar-refractivity contribution in [3.8, 4) is 0 Å². The summed E-state index contributed by atoms with van der Waals surface area (Å²) in [6.45, 7) is 3.66. The largest absolute Gasteiger partial charge is 0.480 e. The van der Waals surface area contributed by atoms with Crippen LogP contribution in [0.4, 0.5) is 4.79 Å². The molecule has 0 saturated heterocycles. The summed E-state index contributed by atoms with van der Waals surface area (Å²) in [5.74, 6) is -1.39. The first-order valence-corrected chi connectivity index (χ1v) is 5.02. The lowest BCUT2D eigenvalue weighted by Crippen LogP contribution is -2.46. The molecule has 7 heteroatoms. The highest BCUT2D eigenvalue weighted by Gasteiger charge is 2.14. The molecule has 0 aromatic carbocycles. The Morgan fingerprint density at radius 1 is 1.19 bits per heavy atom. The van der Waals surface area contributed by atoms with Crippen molar-refractivity contribution < 1.29 is 19.5 Å². The minimum Gasteiger partial charge on any atom is -0.480 e. The van der Waals surface area contributed by atoms with Crippen LogP contribution < -0.4 is 10.6 Å². The van der Waals surface area contributed by atoms with Crippen LogP contribution in [0.2, 0.25) is 0 Å². The van der Waals surface area contributed by atoms with Gasteiger partial charge in [-0.25, -0.2) is 4.79 Å². The Morgan fingerprint density at radius 3 is 2.25 bits per heavy atom. The van der Waals surface area contributed by atoms with Crippen molar-refractivity contribution >= 4 is 17.9 Å². The van der Waals surface area contributed by atoms with E-state index in [-0.39, 0.29) is 25.5 Å². The SMILES string of the molecule is CCNC(=O)CNC(=O)N(CC)CC(=O)O. The zero-order chi connectivity index (χ0) is 12.6. The number of hydrogen-bond acceptors (Lipinski definition) is 3. The minimum atomic E-state index is -1.09. The summed E-state index contributed by atoms with van der Waals surface area (Å²) in [5.41, 5.74) is 0. The Hall–Kier alpha value is -1.79. The van der Waals surface area contributed by atoms with Crippen LogP contribution in [0.1, 0.15) is 13.8 Å². The number of carboxylic acid groups (broad SMARTS) is 1. The van der Waals surface area contributed by atoms with Gasteiger partial charge in [-0.3, -0.25) is 9.59 Å². The lowest BCUT2D eigenvalue weighted by molar-refractivity contribution is -0.137. The van der Waals surface area contributed by atoms with Crippen LogP contribution in [0.25, 0.3) is 0 Å². The third-order valence-electron chi connectivity index (χ3n) is 1.77. The van der Waals surface area contributed by atoms with Gasteiger partial charge in [-0.2, -0.15) is 0 Å². The summed E-state index contributed by atoms with van der Waals surface area (Å²) in [7, 11) is 0. The molecule has 0 aromatic rings. The molecule has 0 saturated carbocycles. The molecule has 0 rings (SSSR count). The maximum absolute atomic E-state index is 11.4. The number of hydrogen-bond donors (Lipinski definition) is 3. The van der Waals surface area contributed by atoms with E-state index in [1.54, 1.807) is 13.8 Å². The first kappa shape index (κ1) is 14.2. The molecule has 0 aliphatic rings. The first-order valence-electron chi connectivity index (χ1n) is 5.02. The van der Waals surface area contributed by atoms with Gasteiger partial charge in [0.05, 0.1) is 6.54 Å². The summed E-state index contributed by atoms with van der Waals surface area (Å²) in [6.07, 6.45) is 0. The van der Waals surface area contributed by atoms with E-state index >= 15 is 0 Å². The molecular weight excluding hydrogens is 214 g/mol. The van der Waals surface area contributed by atoms with Gasteiger partial charge in [-0.1, -0.05) is 0 Å². The Kier molecular flexibility index (Phi) is 6.66. The molecule has 3 N–H and O–H groups in total. The Morgan fingerprint density at radius 2 is 1.81 bits per heavy atom. The summed E-state index contributed by atoms with van der Waals surface area (Å²) < 4.78 is 0. The van der Waals surface area contributed by atoms with Gasteiger partial charge < -0.3 is 20.6 Å². The molecular formula is C9H17N3O4. The number of rotatable bonds is 6. The summed E-state index contributed by atoms with van der Waals surface area (Å²) in [4.78, 5) is 33.9. The molecule has 7 nitrogen and oxygen atoms in total. The van der Waals surface area contributed by atoms with Crippen molar-refractivity contribution in [2.75, 3.05) is 26.2 Å². The first-order chi connectivity index (χ1) is 7.51. The van der Waals surface area contributed by atoms with E-state index < -0.39 is 12.0 Å². The number of carbonyl (C=O) groups excluding carboxylic acids is 2. The monoisotopic (exact) mass is 231 g/mol. The second-order valence-corrected chi connectivity index (χ2v) is 3.02. The standard InChI is InChI=1S/C9H17N3O4/c1-3-10-7(13)5-11-9(16)12(4-2)6-8(14)15/h3-6H2,1-2H3,(H,10,13)(H,11,16)(H,14,15). The van der Waals surface area contributed by atoms with Crippen LogP contribution in [0, 0.1) is 0 Å². The van der Waals surface area contributed by atoms with E-state index in [9.17, 15) is 14.4 Å². The average molecular weight is 231 g/mol. The van der Waals surface area contributed by atoms with Crippen LogP contribution in [0.3, 0.4) is 0 Å². The number of likely N-dealkylation sites (N-methyl/N-ethyl adjacent to an activating group) is 2. The van der Waals surface area contributed by atoms with Crippen LogP contribution in [-0.4, -0.2) is 54.1 Å². The van der Waals surface area contributed by atoms with E-state index in [1.165, 1.54) is 0 Å². The Balaban J connectivity index is 4.02. The summed E-state index contributed by atoms with van der Waals surface area (Å²) in [5, 5.41) is 13.4. The number of carbonyl (C=O) groups is 3. The fourth-order valence-electron chi connectivity index (χ4n) is 1.02. The highest BCUT2D eigenvalue weighted by molar-refractivity contribution is 5.85. The van der Waals surface area contributed by atoms with Gasteiger partial charge in [-0.15, -0.1) is 0 Å². The highest BCUT2D eigenvalue weighted by Crippen LogP contribution is 1.88. The third kappa shape index (κ3) is 5.84. The molecule has 0 fully saturated rings. The molecule has 3 amide bonds. The summed E-state index contributed by atoms with van der Waals surface area (Å²) in [6, 6.07) is -0.559. The predicted octanol–water partition coefficient (Wildman–Crippen LogP) is -0.761. The number of nitrogens with one attached hydrogen (secondary N) is 2. The van der Waals surface area contributed by atoms with Crippen LogP contribution in [0.5, 0.6) is 0 Å². The molecule has 0 aliphatic carbocycles. The normalized spacial score (nSPS) is 9.38. The third-order valence-corrected chi connectivity index (χ3v) is 1.77. The molecule has 0 aromatic heterocycles. The molecule has 0 heterocycles. The lowest BCUT2D eigenvalue weighted by Gasteiger charge is -2.18. The number of amides is 3. The smallest absolute Gasteiger partial charge is 0.323 e. The van der Waals surface area contributed by atoms with E-state index in [2.05, 4.69) is 10.6 Å². The Bertz CT molecular complexity index is 267. The van der Waals surface area contributed by atoms with Crippen molar-refractivity contribution in [3.63, 3.8) is 0 Å². The van der Waals surface area contributed by atoms with Crippen molar-refractivity contribution in [2.45, 2.75) is 13.8 Å². The second-order valence-electron chi connectivity index (χ2n) is 3.02. The van der Waals surface area contributed by atoms with E-state index in [1.807, 2.05) is 0 Å². The van der Waals surface area contributed by atoms with Gasteiger partial charge in [0.25, 0.3) is 0 Å². The zero-order valence-electron chi connectivity index (χ0n) is 9.45. The molecule has 16 heavy (non-hydrogen) atoms. The van der Waals surface area contributed by atoms with Crippen molar-refractivity contribution in [1.29, 1.82) is 0 Å². The van der Waals surface area contributed by atoms with Gasteiger partial charge in [-0.05, 0) is 13.8 Å². The predicted molar refractivity (Wildman–Crippen MR) is 57.0 cm³/mol. The quantitative estimate of drug-likeness (QED) is 0.559. The molecule has 0 unspecified atom stereocenters. The van der Waals surface area contributed by atoms with Crippen LogP contribution in [-0.2, 0) is 9.59 Å². The molecule has 0 bridgehead atoms. The molecule has 92 valence electrons. The summed E-state index contributed by atoms with van der Waals surface area (Å²) >= 11 is 0. The number of aliphatic carboxylic acids is 1. The zero-order valence-corrected chi connectivity index (χ0v) is 9.45. The van der Waals surface area contributed by atoms with E-state index in [0.29, 0.717) is 6.54 Å². The number of nitrogens with zero attached hydrogens (tertiary/aromatic N) is 1. The van der Waals surface area contributed by atoms with Gasteiger partial charge in [0, 0.05) is 13.1 Å². The van der Waals surface area contributed by atoms with Gasteiger partial charge in [0.1, 0.15) is 6.54 Å². The number of urea groups is 1. The average Bonchev–Trinajstić information content (AvgIpc) is 2.22. The highest BCUT2D eigenvalue weighted by atomic mass is 16.4. The van der Waals surface area contributed by atoms with Gasteiger partial charge in [0.15, 0.2) is 0 Å². The maximum atomic E-state index is 11.4. The van der Waals surface area contributed by atoms with Crippen molar-refractivity contribution in [3.05, 3.63) is 0 Å². The molecule has 0 atom stereocenters. The van der Waals surface area contributed by atoms with Gasteiger partial charge >= 0.3 is 12.0 Å². The van der Waals surface area contributed by atoms with Gasteiger partial charge in [0.2, 0.25) is 5.91 Å². The number of carboxylic acids is 1. The van der Waals surface area contributed by atoms with Crippen LogP contribution >= 0.6 is 0 Å². The lowest BCUT2D eigenvalue weighted by atomic mass is 10.5. The van der Waals surface area contributed by atoms with E-state index in [0.717, 1.165) is 4.90 Å².